The number of pyridine rings is 1. The summed E-state index contributed by atoms with van der Waals surface area (Å²) in [5.41, 5.74) is 1.64. The van der Waals surface area contributed by atoms with Gasteiger partial charge in [0.2, 0.25) is 0 Å². The molecule has 1 aromatic heterocycles. The average molecular weight is 474 g/mol. The fourth-order valence-electron chi connectivity index (χ4n) is 4.04. The largest absolute Gasteiger partial charge is 0.508 e. The molecule has 0 amide bonds. The van der Waals surface area contributed by atoms with Crippen molar-refractivity contribution in [2.75, 3.05) is 0 Å². The minimum atomic E-state index is -4.85. The summed E-state index contributed by atoms with van der Waals surface area (Å²) in [6.07, 6.45) is -4.85. The smallest absolute Gasteiger partial charge is 0.407 e. The predicted octanol–water partition coefficient (Wildman–Crippen LogP) is 7.12. The van der Waals surface area contributed by atoms with Crippen molar-refractivity contribution in [1.29, 1.82) is 0 Å². The van der Waals surface area contributed by atoms with Crippen LogP contribution in [0.4, 0.5) is 18.9 Å². The Morgan fingerprint density at radius 3 is 2.00 bits per heavy atom. The van der Waals surface area contributed by atoms with Crippen molar-refractivity contribution in [3.05, 3.63) is 117 Å². The number of aromatic hydroxyl groups is 1. The maximum absolute atomic E-state index is 13.8. The van der Waals surface area contributed by atoms with Crippen molar-refractivity contribution in [3.63, 3.8) is 0 Å². The quantitative estimate of drug-likeness (QED) is 0.320. The van der Waals surface area contributed by atoms with Crippen molar-refractivity contribution in [2.24, 2.45) is 0 Å². The standard InChI is InChI=1S/C28H21F3N2O2/c1-17-4-5-22(18(2)14-17)16-33-25(15-24(28(29,30)31)26(32-3)27(33)35)21-8-6-19(7-9-21)20-10-12-23(34)13-11-20/h4-15,34H,16H2,1-2H3. The lowest BCUT2D eigenvalue weighted by Crippen LogP contribution is -2.25. The second kappa shape index (κ2) is 9.15. The van der Waals surface area contributed by atoms with Crippen molar-refractivity contribution in [2.45, 2.75) is 26.6 Å². The highest BCUT2D eigenvalue weighted by atomic mass is 19.4. The van der Waals surface area contributed by atoms with Gasteiger partial charge < -0.3 is 9.67 Å². The number of phenolic OH excluding ortho intramolecular Hbond substituents is 1. The SMILES string of the molecule is [C-]#[N+]c1c(C(F)(F)F)cc(-c2ccc(-c3ccc(O)cc3)cc2)n(Cc2ccc(C)cc2C)c1=O. The van der Waals surface area contributed by atoms with Crippen LogP contribution in [0.15, 0.2) is 77.6 Å². The normalized spacial score (nSPS) is 11.3. The highest BCUT2D eigenvalue weighted by Crippen LogP contribution is 2.37. The molecule has 0 aliphatic carbocycles. The van der Waals surface area contributed by atoms with E-state index >= 15 is 0 Å². The van der Waals surface area contributed by atoms with Gasteiger partial charge in [0, 0.05) is 5.69 Å². The van der Waals surface area contributed by atoms with Gasteiger partial charge in [0.05, 0.1) is 18.7 Å². The zero-order valence-electron chi connectivity index (χ0n) is 19.0. The lowest BCUT2D eigenvalue weighted by Gasteiger charge is -2.19. The molecule has 7 heteroatoms. The fourth-order valence-corrected chi connectivity index (χ4v) is 4.04. The minimum Gasteiger partial charge on any atom is -0.508 e. The summed E-state index contributed by atoms with van der Waals surface area (Å²) in [4.78, 5) is 16.1. The molecule has 0 bridgehead atoms. The Labute approximate surface area is 200 Å². The first-order valence-corrected chi connectivity index (χ1v) is 10.8. The van der Waals surface area contributed by atoms with Gasteiger partial charge in [0.25, 0.3) is 11.2 Å². The molecular formula is C28H21F3N2O2. The molecule has 0 unspecified atom stereocenters. The summed E-state index contributed by atoms with van der Waals surface area (Å²) in [5, 5.41) is 9.50. The van der Waals surface area contributed by atoms with Gasteiger partial charge >= 0.3 is 6.18 Å². The van der Waals surface area contributed by atoms with Crippen molar-refractivity contribution < 1.29 is 18.3 Å². The van der Waals surface area contributed by atoms with E-state index in [1.165, 1.54) is 4.57 Å². The predicted molar refractivity (Wildman–Crippen MR) is 130 cm³/mol. The monoisotopic (exact) mass is 474 g/mol. The molecule has 1 heterocycles. The van der Waals surface area contributed by atoms with E-state index in [0.29, 0.717) is 5.56 Å². The first-order valence-electron chi connectivity index (χ1n) is 10.8. The lowest BCUT2D eigenvalue weighted by molar-refractivity contribution is -0.136. The summed E-state index contributed by atoms with van der Waals surface area (Å²) in [6, 6.07) is 19.9. The maximum Gasteiger partial charge on any atom is 0.407 e. The maximum atomic E-state index is 13.8. The third-order valence-electron chi connectivity index (χ3n) is 5.90. The molecule has 0 radical (unpaired) electrons. The topological polar surface area (TPSA) is 46.6 Å². The summed E-state index contributed by atoms with van der Waals surface area (Å²) < 4.78 is 42.6. The van der Waals surface area contributed by atoms with Crippen molar-refractivity contribution in [3.8, 4) is 28.1 Å². The summed E-state index contributed by atoms with van der Waals surface area (Å²) in [7, 11) is 0. The fraction of sp³-hybridized carbons (Fsp3) is 0.143. The molecule has 35 heavy (non-hydrogen) atoms. The highest BCUT2D eigenvalue weighted by molar-refractivity contribution is 5.71. The van der Waals surface area contributed by atoms with E-state index in [0.717, 1.165) is 33.9 Å². The Hall–Kier alpha value is -4.31. The molecular weight excluding hydrogens is 453 g/mol. The van der Waals surface area contributed by atoms with Gasteiger partial charge in [-0.05, 0) is 59.9 Å². The lowest BCUT2D eigenvalue weighted by atomic mass is 10.0. The van der Waals surface area contributed by atoms with Gasteiger partial charge in [-0.2, -0.15) is 13.2 Å². The molecule has 0 spiro atoms. The summed E-state index contributed by atoms with van der Waals surface area (Å²) in [6.45, 7) is 11.1. The molecule has 4 aromatic rings. The van der Waals surface area contributed by atoms with Crippen LogP contribution in [0, 0.1) is 20.4 Å². The number of rotatable bonds is 4. The van der Waals surface area contributed by atoms with Crippen molar-refractivity contribution in [1.82, 2.24) is 4.57 Å². The second-order valence-corrected chi connectivity index (χ2v) is 8.35. The van der Waals surface area contributed by atoms with Crippen LogP contribution in [0.5, 0.6) is 5.75 Å². The Bertz CT molecular complexity index is 1490. The number of aromatic nitrogens is 1. The van der Waals surface area contributed by atoms with Gasteiger partial charge in [0.1, 0.15) is 5.75 Å². The molecule has 0 fully saturated rings. The zero-order valence-corrected chi connectivity index (χ0v) is 19.0. The molecule has 0 aliphatic rings. The number of hydrogen-bond donors (Lipinski definition) is 1. The van der Waals surface area contributed by atoms with Crippen LogP contribution >= 0.6 is 0 Å². The first-order chi connectivity index (χ1) is 16.6. The van der Waals surface area contributed by atoms with Gasteiger partial charge in [-0.25, -0.2) is 4.85 Å². The number of aryl methyl sites for hydroxylation is 2. The zero-order chi connectivity index (χ0) is 25.3. The molecule has 176 valence electrons. The molecule has 0 atom stereocenters. The van der Waals surface area contributed by atoms with E-state index in [-0.39, 0.29) is 18.0 Å². The minimum absolute atomic E-state index is 0.0284. The molecule has 4 nitrogen and oxygen atoms in total. The summed E-state index contributed by atoms with van der Waals surface area (Å²) >= 11 is 0. The van der Waals surface area contributed by atoms with Crippen LogP contribution in [0.2, 0.25) is 0 Å². The highest BCUT2D eigenvalue weighted by Gasteiger charge is 2.36. The van der Waals surface area contributed by atoms with E-state index < -0.39 is 23.0 Å². The third-order valence-corrected chi connectivity index (χ3v) is 5.90. The van der Waals surface area contributed by atoms with E-state index in [9.17, 15) is 23.1 Å². The third kappa shape index (κ3) is 4.82. The van der Waals surface area contributed by atoms with Crippen LogP contribution in [-0.4, -0.2) is 9.67 Å². The second-order valence-electron chi connectivity index (χ2n) is 8.35. The van der Waals surface area contributed by atoms with Crippen LogP contribution in [0.1, 0.15) is 22.3 Å². The molecule has 3 aromatic carbocycles. The molecule has 0 saturated heterocycles. The number of halogens is 3. The summed E-state index contributed by atoms with van der Waals surface area (Å²) in [5.74, 6) is 0.125. The molecule has 0 aliphatic heterocycles. The van der Waals surface area contributed by atoms with Crippen LogP contribution < -0.4 is 5.56 Å². The van der Waals surface area contributed by atoms with E-state index in [1.807, 2.05) is 32.0 Å². The number of hydrogen-bond acceptors (Lipinski definition) is 2. The van der Waals surface area contributed by atoms with Crippen LogP contribution in [0.25, 0.3) is 27.2 Å². The number of benzene rings is 3. The Balaban J connectivity index is 1.90. The number of phenols is 1. The van der Waals surface area contributed by atoms with Crippen molar-refractivity contribution >= 4 is 5.69 Å². The van der Waals surface area contributed by atoms with Crippen LogP contribution in [-0.2, 0) is 12.7 Å². The van der Waals surface area contributed by atoms with Crippen LogP contribution in [0.3, 0.4) is 0 Å². The van der Waals surface area contributed by atoms with E-state index in [4.69, 9.17) is 6.57 Å². The van der Waals surface area contributed by atoms with Gasteiger partial charge in [0.15, 0.2) is 0 Å². The van der Waals surface area contributed by atoms with E-state index in [1.54, 1.807) is 48.5 Å². The molecule has 4 rings (SSSR count). The number of alkyl halides is 3. The van der Waals surface area contributed by atoms with E-state index in [2.05, 4.69) is 4.85 Å². The Kier molecular flexibility index (Phi) is 6.23. The Morgan fingerprint density at radius 1 is 0.886 bits per heavy atom. The number of nitrogens with zero attached hydrogens (tertiary/aromatic N) is 2. The van der Waals surface area contributed by atoms with Gasteiger partial charge in [-0.3, -0.25) is 4.79 Å². The average Bonchev–Trinajstić information content (AvgIpc) is 2.81. The molecule has 1 N–H and O–H groups in total. The van der Waals surface area contributed by atoms with Gasteiger partial charge in [-0.1, -0.05) is 60.2 Å². The molecule has 0 saturated carbocycles. The van der Waals surface area contributed by atoms with Gasteiger partial charge in [-0.15, -0.1) is 0 Å². The Morgan fingerprint density at radius 2 is 1.46 bits per heavy atom. The first kappa shape index (κ1) is 23.8.